The second-order valence-electron chi connectivity index (χ2n) is 7.48. The number of nitrogens with zero attached hydrogens (tertiary/aromatic N) is 1. The molecular formula is C27H24FN3O4. The molecule has 2 amide bonds. The molecule has 0 aliphatic carbocycles. The van der Waals surface area contributed by atoms with Gasteiger partial charge in [-0.05, 0) is 79.6 Å². The number of anilines is 2. The third-order valence-corrected chi connectivity index (χ3v) is 4.71. The second-order valence-corrected chi connectivity index (χ2v) is 7.48. The summed E-state index contributed by atoms with van der Waals surface area (Å²) in [6.07, 6.45) is 1.44. The lowest BCUT2D eigenvalue weighted by molar-refractivity contribution is -0.118. The predicted octanol–water partition coefficient (Wildman–Crippen LogP) is 5.10. The van der Waals surface area contributed by atoms with E-state index in [1.54, 1.807) is 37.3 Å². The highest BCUT2D eigenvalue weighted by Gasteiger charge is 2.13. The van der Waals surface area contributed by atoms with Crippen LogP contribution in [-0.4, -0.2) is 25.0 Å². The van der Waals surface area contributed by atoms with Crippen molar-refractivity contribution in [3.8, 4) is 17.6 Å². The van der Waals surface area contributed by atoms with Gasteiger partial charge >= 0.3 is 0 Å². The highest BCUT2D eigenvalue weighted by atomic mass is 19.1. The number of amides is 2. The molecule has 0 fully saturated rings. The second kappa shape index (κ2) is 12.0. The van der Waals surface area contributed by atoms with E-state index in [9.17, 15) is 19.2 Å². The molecule has 0 saturated carbocycles. The van der Waals surface area contributed by atoms with E-state index in [1.807, 2.05) is 25.1 Å². The third kappa shape index (κ3) is 7.44. The molecule has 0 spiro atoms. The average molecular weight is 474 g/mol. The Morgan fingerprint density at radius 1 is 0.971 bits per heavy atom. The molecule has 0 aliphatic rings. The van der Waals surface area contributed by atoms with Gasteiger partial charge in [-0.15, -0.1) is 0 Å². The standard InChI is InChI=1S/C27H24FN3O4/c1-3-34-25-15-19(14-20(16-29)27(33)31-23-6-4-5-18(2)13-23)7-12-24(25)35-17-26(32)30-22-10-8-21(28)9-11-22/h4-15H,3,17H2,1-2H3,(H,30,32)(H,31,33). The van der Waals surface area contributed by atoms with Crippen molar-refractivity contribution in [1.82, 2.24) is 0 Å². The van der Waals surface area contributed by atoms with Crippen LogP contribution in [0.4, 0.5) is 15.8 Å². The van der Waals surface area contributed by atoms with E-state index in [4.69, 9.17) is 9.47 Å². The van der Waals surface area contributed by atoms with Crippen molar-refractivity contribution in [3.05, 3.63) is 89.2 Å². The topological polar surface area (TPSA) is 100 Å². The Labute approximate surface area is 202 Å². The van der Waals surface area contributed by atoms with Gasteiger partial charge in [-0.1, -0.05) is 18.2 Å². The molecule has 0 saturated heterocycles. The Balaban J connectivity index is 1.70. The van der Waals surface area contributed by atoms with Crippen LogP contribution in [0.3, 0.4) is 0 Å². The van der Waals surface area contributed by atoms with Crippen LogP contribution in [0, 0.1) is 24.1 Å². The van der Waals surface area contributed by atoms with Gasteiger partial charge in [-0.25, -0.2) is 4.39 Å². The number of hydrogen-bond donors (Lipinski definition) is 2. The Bertz CT molecular complexity index is 1280. The van der Waals surface area contributed by atoms with Crippen molar-refractivity contribution in [2.45, 2.75) is 13.8 Å². The van der Waals surface area contributed by atoms with Crippen LogP contribution < -0.4 is 20.1 Å². The summed E-state index contributed by atoms with van der Waals surface area (Å²) < 4.78 is 24.2. The number of ether oxygens (including phenoxy) is 2. The molecule has 0 atom stereocenters. The molecule has 3 rings (SSSR count). The van der Waals surface area contributed by atoms with Crippen molar-refractivity contribution in [1.29, 1.82) is 5.26 Å². The molecule has 0 radical (unpaired) electrons. The molecule has 3 aromatic carbocycles. The fourth-order valence-electron chi connectivity index (χ4n) is 3.11. The minimum atomic E-state index is -0.533. The molecule has 0 aliphatic heterocycles. The average Bonchev–Trinajstić information content (AvgIpc) is 2.83. The highest BCUT2D eigenvalue weighted by Crippen LogP contribution is 2.29. The maximum absolute atomic E-state index is 13.0. The van der Waals surface area contributed by atoms with Gasteiger partial charge in [0.05, 0.1) is 6.61 Å². The number of hydrogen-bond acceptors (Lipinski definition) is 5. The van der Waals surface area contributed by atoms with Crippen LogP contribution in [0.15, 0.2) is 72.3 Å². The first-order chi connectivity index (χ1) is 16.9. The van der Waals surface area contributed by atoms with Crippen molar-refractivity contribution >= 4 is 29.3 Å². The van der Waals surface area contributed by atoms with Gasteiger partial charge in [-0.2, -0.15) is 5.26 Å². The summed E-state index contributed by atoms with van der Waals surface area (Å²) in [5, 5.41) is 14.8. The largest absolute Gasteiger partial charge is 0.490 e. The molecule has 0 heterocycles. The number of carbonyl (C=O) groups excluding carboxylic acids is 2. The van der Waals surface area contributed by atoms with E-state index in [0.29, 0.717) is 35.0 Å². The molecule has 2 N–H and O–H groups in total. The van der Waals surface area contributed by atoms with Crippen molar-refractivity contribution in [3.63, 3.8) is 0 Å². The number of aryl methyl sites for hydroxylation is 1. The molecule has 0 unspecified atom stereocenters. The Kier molecular flexibility index (Phi) is 8.57. The Morgan fingerprint density at radius 2 is 1.74 bits per heavy atom. The normalized spacial score (nSPS) is 10.7. The van der Waals surface area contributed by atoms with E-state index < -0.39 is 17.6 Å². The molecule has 3 aromatic rings. The SMILES string of the molecule is CCOc1cc(C=C(C#N)C(=O)Nc2cccc(C)c2)ccc1OCC(=O)Nc1ccc(F)cc1. The van der Waals surface area contributed by atoms with Crippen LogP contribution >= 0.6 is 0 Å². The summed E-state index contributed by atoms with van der Waals surface area (Å²) in [4.78, 5) is 24.7. The van der Waals surface area contributed by atoms with Gasteiger partial charge < -0.3 is 20.1 Å². The molecular weight excluding hydrogens is 449 g/mol. The van der Waals surface area contributed by atoms with Crippen LogP contribution in [0.25, 0.3) is 6.08 Å². The third-order valence-electron chi connectivity index (χ3n) is 4.71. The van der Waals surface area contributed by atoms with Gasteiger partial charge in [0.25, 0.3) is 11.8 Å². The number of carbonyl (C=O) groups is 2. The maximum atomic E-state index is 13.0. The van der Waals surface area contributed by atoms with Gasteiger partial charge in [0.2, 0.25) is 0 Å². The zero-order chi connectivity index (χ0) is 25.2. The van der Waals surface area contributed by atoms with Crippen molar-refractivity contribution in [2.75, 3.05) is 23.8 Å². The first kappa shape index (κ1) is 25.0. The van der Waals surface area contributed by atoms with Gasteiger partial charge in [0.1, 0.15) is 17.5 Å². The number of nitrogens with one attached hydrogen (secondary N) is 2. The lowest BCUT2D eigenvalue weighted by Crippen LogP contribution is -2.20. The van der Waals surface area contributed by atoms with Crippen molar-refractivity contribution in [2.24, 2.45) is 0 Å². The Hall–Kier alpha value is -4.64. The fraction of sp³-hybridized carbons (Fsp3) is 0.148. The van der Waals surface area contributed by atoms with Crippen LogP contribution in [0.5, 0.6) is 11.5 Å². The minimum absolute atomic E-state index is 0.0821. The van der Waals surface area contributed by atoms with Crippen LogP contribution in [0.1, 0.15) is 18.1 Å². The van der Waals surface area contributed by atoms with Gasteiger partial charge in [0.15, 0.2) is 18.1 Å². The van der Waals surface area contributed by atoms with Crippen LogP contribution in [-0.2, 0) is 9.59 Å². The number of rotatable bonds is 9. The molecule has 8 heteroatoms. The summed E-state index contributed by atoms with van der Waals surface area (Å²) in [5.74, 6) is -0.688. The van der Waals surface area contributed by atoms with E-state index in [0.717, 1.165) is 5.56 Å². The van der Waals surface area contributed by atoms with E-state index >= 15 is 0 Å². The summed E-state index contributed by atoms with van der Waals surface area (Å²) in [5.41, 5.74) is 2.48. The summed E-state index contributed by atoms with van der Waals surface area (Å²) in [7, 11) is 0. The van der Waals surface area contributed by atoms with Gasteiger partial charge in [0, 0.05) is 11.4 Å². The number of nitriles is 1. The lowest BCUT2D eigenvalue weighted by Gasteiger charge is -2.13. The first-order valence-corrected chi connectivity index (χ1v) is 10.8. The quantitative estimate of drug-likeness (QED) is 0.333. The summed E-state index contributed by atoms with van der Waals surface area (Å²) >= 11 is 0. The highest BCUT2D eigenvalue weighted by molar-refractivity contribution is 6.09. The maximum Gasteiger partial charge on any atom is 0.266 e. The summed E-state index contributed by atoms with van der Waals surface area (Å²) in [6.45, 7) is 3.74. The zero-order valence-electron chi connectivity index (χ0n) is 19.3. The smallest absolute Gasteiger partial charge is 0.266 e. The molecule has 0 aromatic heterocycles. The van der Waals surface area contributed by atoms with Crippen LogP contribution in [0.2, 0.25) is 0 Å². The van der Waals surface area contributed by atoms with Crippen molar-refractivity contribution < 1.29 is 23.5 Å². The molecule has 7 nitrogen and oxygen atoms in total. The molecule has 178 valence electrons. The number of halogens is 1. The molecule has 0 bridgehead atoms. The number of benzene rings is 3. The lowest BCUT2D eigenvalue weighted by atomic mass is 10.1. The van der Waals surface area contributed by atoms with E-state index in [2.05, 4.69) is 10.6 Å². The predicted molar refractivity (Wildman–Crippen MR) is 132 cm³/mol. The van der Waals surface area contributed by atoms with Gasteiger partial charge in [-0.3, -0.25) is 9.59 Å². The first-order valence-electron chi connectivity index (χ1n) is 10.8. The molecule has 35 heavy (non-hydrogen) atoms. The monoisotopic (exact) mass is 473 g/mol. The van der Waals surface area contributed by atoms with E-state index in [-0.39, 0.29) is 12.2 Å². The van der Waals surface area contributed by atoms with E-state index in [1.165, 1.54) is 30.3 Å². The Morgan fingerprint density at radius 3 is 2.43 bits per heavy atom. The minimum Gasteiger partial charge on any atom is -0.490 e. The summed E-state index contributed by atoms with van der Waals surface area (Å²) in [6, 6.07) is 19.4. The zero-order valence-corrected chi connectivity index (χ0v) is 19.3. The fourth-order valence-corrected chi connectivity index (χ4v) is 3.11.